The number of halogens is 1. The molecular formula is C15H23FN2OS. The molecule has 0 aliphatic carbocycles. The van der Waals surface area contributed by atoms with E-state index in [4.69, 9.17) is 22.7 Å². The fourth-order valence-electron chi connectivity index (χ4n) is 2.13. The molecule has 5 heteroatoms. The Balaban J connectivity index is 2.88. The zero-order valence-electron chi connectivity index (χ0n) is 12.4. The van der Waals surface area contributed by atoms with E-state index in [0.29, 0.717) is 24.6 Å². The first-order valence-corrected chi connectivity index (χ1v) is 7.14. The van der Waals surface area contributed by atoms with Crippen molar-refractivity contribution in [1.29, 1.82) is 0 Å². The summed E-state index contributed by atoms with van der Waals surface area (Å²) in [5.41, 5.74) is 7.25. The molecule has 0 amide bonds. The molecule has 0 spiro atoms. The van der Waals surface area contributed by atoms with Crippen LogP contribution in [0.4, 0.5) is 4.39 Å². The van der Waals surface area contributed by atoms with Gasteiger partial charge in [0.15, 0.2) is 0 Å². The quantitative estimate of drug-likeness (QED) is 0.749. The normalized spacial score (nSPS) is 11.3. The van der Waals surface area contributed by atoms with Crippen LogP contribution in [0, 0.1) is 11.7 Å². The maximum atomic E-state index is 13.3. The minimum Gasteiger partial charge on any atom is -0.389 e. The van der Waals surface area contributed by atoms with Crippen molar-refractivity contribution in [3.05, 3.63) is 35.1 Å². The number of methoxy groups -OCH3 is 1. The molecule has 0 aromatic heterocycles. The van der Waals surface area contributed by atoms with Crippen molar-refractivity contribution in [3.63, 3.8) is 0 Å². The lowest BCUT2D eigenvalue weighted by Crippen LogP contribution is -2.31. The van der Waals surface area contributed by atoms with Gasteiger partial charge in [-0.3, -0.25) is 4.90 Å². The Hall–Kier alpha value is -1.04. The van der Waals surface area contributed by atoms with Gasteiger partial charge in [-0.1, -0.05) is 32.1 Å². The van der Waals surface area contributed by atoms with Crippen LogP contribution in [-0.2, 0) is 11.3 Å². The minimum atomic E-state index is -0.316. The lowest BCUT2D eigenvalue weighted by molar-refractivity contribution is 0.136. The monoisotopic (exact) mass is 298 g/mol. The van der Waals surface area contributed by atoms with Crippen molar-refractivity contribution in [1.82, 2.24) is 4.90 Å². The van der Waals surface area contributed by atoms with Crippen LogP contribution in [-0.4, -0.2) is 36.7 Å². The third-order valence-corrected chi connectivity index (χ3v) is 3.19. The van der Waals surface area contributed by atoms with Crippen molar-refractivity contribution in [3.8, 4) is 0 Å². The van der Waals surface area contributed by atoms with Gasteiger partial charge in [-0.25, -0.2) is 4.39 Å². The number of hydrogen-bond donors (Lipinski definition) is 1. The molecule has 1 aromatic carbocycles. The maximum Gasteiger partial charge on any atom is 0.123 e. The number of nitrogens with zero attached hydrogens (tertiary/aromatic N) is 1. The molecule has 0 aliphatic rings. The van der Waals surface area contributed by atoms with Crippen LogP contribution in [0.25, 0.3) is 0 Å². The second-order valence-electron chi connectivity index (χ2n) is 5.29. The van der Waals surface area contributed by atoms with Crippen molar-refractivity contribution < 1.29 is 9.13 Å². The van der Waals surface area contributed by atoms with Gasteiger partial charge in [0.2, 0.25) is 0 Å². The van der Waals surface area contributed by atoms with Crippen molar-refractivity contribution >= 4 is 17.2 Å². The lowest BCUT2D eigenvalue weighted by atomic mass is 10.1. The van der Waals surface area contributed by atoms with E-state index < -0.39 is 0 Å². The van der Waals surface area contributed by atoms with Gasteiger partial charge in [-0.2, -0.15) is 0 Å². The zero-order chi connectivity index (χ0) is 15.1. The first-order chi connectivity index (χ1) is 9.43. The average molecular weight is 298 g/mol. The van der Waals surface area contributed by atoms with Gasteiger partial charge in [-0.05, 0) is 23.6 Å². The summed E-state index contributed by atoms with van der Waals surface area (Å²) in [6, 6.07) is 4.60. The van der Waals surface area contributed by atoms with E-state index in [2.05, 4.69) is 18.7 Å². The first-order valence-electron chi connectivity index (χ1n) is 6.73. The molecule has 0 saturated heterocycles. The number of ether oxygens (including phenoxy) is 1. The predicted molar refractivity (Wildman–Crippen MR) is 84.3 cm³/mol. The lowest BCUT2D eigenvalue weighted by Gasteiger charge is -2.25. The van der Waals surface area contributed by atoms with Crippen LogP contribution in [0.3, 0.4) is 0 Å². The summed E-state index contributed by atoms with van der Waals surface area (Å²) in [7, 11) is 1.69. The zero-order valence-corrected chi connectivity index (χ0v) is 13.2. The summed E-state index contributed by atoms with van der Waals surface area (Å²) >= 11 is 5.01. The molecule has 2 N–H and O–H groups in total. The average Bonchev–Trinajstić information content (AvgIpc) is 2.37. The van der Waals surface area contributed by atoms with Gasteiger partial charge in [0.05, 0.1) is 6.61 Å². The summed E-state index contributed by atoms with van der Waals surface area (Å²) in [5.74, 6) is 0.226. The van der Waals surface area contributed by atoms with Gasteiger partial charge in [-0.15, -0.1) is 0 Å². The van der Waals surface area contributed by atoms with Crippen molar-refractivity contribution in [2.24, 2.45) is 11.7 Å². The number of nitrogens with two attached hydrogens (primary N) is 1. The second kappa shape index (κ2) is 8.29. The minimum absolute atomic E-state index is 0.232. The van der Waals surface area contributed by atoms with E-state index in [9.17, 15) is 4.39 Å². The van der Waals surface area contributed by atoms with Crippen LogP contribution in [0.2, 0.25) is 0 Å². The molecule has 3 nitrogen and oxygen atoms in total. The van der Waals surface area contributed by atoms with Gasteiger partial charge in [0.25, 0.3) is 0 Å². The van der Waals surface area contributed by atoms with Crippen LogP contribution >= 0.6 is 12.2 Å². The van der Waals surface area contributed by atoms with Crippen LogP contribution < -0.4 is 5.73 Å². The first kappa shape index (κ1) is 17.0. The number of rotatable bonds is 8. The van der Waals surface area contributed by atoms with Crippen molar-refractivity contribution in [2.45, 2.75) is 20.4 Å². The highest BCUT2D eigenvalue weighted by atomic mass is 32.1. The predicted octanol–water partition coefficient (Wildman–Crippen LogP) is 2.56. The highest BCUT2D eigenvalue weighted by Gasteiger charge is 2.13. The molecule has 0 bridgehead atoms. The topological polar surface area (TPSA) is 38.5 Å². The molecular weight excluding hydrogens is 275 g/mol. The van der Waals surface area contributed by atoms with E-state index in [1.54, 1.807) is 13.2 Å². The largest absolute Gasteiger partial charge is 0.389 e. The number of thiocarbonyl (C=S) groups is 1. The third kappa shape index (κ3) is 5.53. The van der Waals surface area contributed by atoms with Gasteiger partial charge in [0.1, 0.15) is 10.8 Å². The second-order valence-corrected chi connectivity index (χ2v) is 5.73. The van der Waals surface area contributed by atoms with Crippen LogP contribution in [0.5, 0.6) is 0 Å². The van der Waals surface area contributed by atoms with Crippen LogP contribution in [0.1, 0.15) is 25.0 Å². The fraction of sp³-hybridized carbons (Fsp3) is 0.533. The molecule has 112 valence electrons. The highest BCUT2D eigenvalue weighted by Crippen LogP contribution is 2.15. The standard InChI is InChI=1S/C15H23FN2OS/c1-11(2)9-18(6-7-19-3)10-12-4-5-13(16)8-14(12)15(17)20/h4-5,8,11H,6-7,9-10H2,1-3H3,(H2,17,20). The molecule has 0 radical (unpaired) electrons. The SMILES string of the molecule is COCCN(Cc1ccc(F)cc1C(N)=S)CC(C)C. The van der Waals surface area contributed by atoms with Gasteiger partial charge < -0.3 is 10.5 Å². The summed E-state index contributed by atoms with van der Waals surface area (Å²) in [6.45, 7) is 7.45. The van der Waals surface area contributed by atoms with Gasteiger partial charge in [0, 0.05) is 32.3 Å². The Morgan fingerprint density at radius 3 is 2.70 bits per heavy atom. The van der Waals surface area contributed by atoms with E-state index in [1.165, 1.54) is 12.1 Å². The molecule has 0 fully saturated rings. The Labute approximate surface area is 125 Å². The van der Waals surface area contributed by atoms with E-state index in [1.807, 2.05) is 0 Å². The third-order valence-electron chi connectivity index (χ3n) is 2.97. The van der Waals surface area contributed by atoms with Crippen molar-refractivity contribution in [2.75, 3.05) is 26.8 Å². The molecule has 0 saturated carbocycles. The Kier molecular flexibility index (Phi) is 7.05. The van der Waals surface area contributed by atoms with Gasteiger partial charge >= 0.3 is 0 Å². The number of benzene rings is 1. The van der Waals surface area contributed by atoms with E-state index in [-0.39, 0.29) is 10.8 Å². The molecule has 0 atom stereocenters. The molecule has 0 heterocycles. The molecule has 0 aliphatic heterocycles. The summed E-state index contributed by atoms with van der Waals surface area (Å²) in [4.78, 5) is 2.50. The van der Waals surface area contributed by atoms with E-state index in [0.717, 1.165) is 18.7 Å². The summed E-state index contributed by atoms with van der Waals surface area (Å²) in [5, 5.41) is 0. The smallest absolute Gasteiger partial charge is 0.123 e. The Morgan fingerprint density at radius 1 is 1.45 bits per heavy atom. The molecule has 1 rings (SSSR count). The summed E-state index contributed by atoms with van der Waals surface area (Å²) < 4.78 is 18.4. The fourth-order valence-corrected chi connectivity index (χ4v) is 2.32. The Morgan fingerprint density at radius 2 is 2.15 bits per heavy atom. The maximum absolute atomic E-state index is 13.3. The summed E-state index contributed by atoms with van der Waals surface area (Å²) in [6.07, 6.45) is 0. The molecule has 20 heavy (non-hydrogen) atoms. The van der Waals surface area contributed by atoms with E-state index >= 15 is 0 Å². The number of hydrogen-bond acceptors (Lipinski definition) is 3. The molecule has 0 unspecified atom stereocenters. The molecule has 1 aromatic rings. The highest BCUT2D eigenvalue weighted by molar-refractivity contribution is 7.80. The Bertz CT molecular complexity index is 451. The van der Waals surface area contributed by atoms with Crippen LogP contribution in [0.15, 0.2) is 18.2 Å².